The summed E-state index contributed by atoms with van der Waals surface area (Å²) in [5, 5.41) is 7.36. The van der Waals surface area contributed by atoms with Crippen LogP contribution in [0.5, 0.6) is 0 Å². The first-order valence-electron chi connectivity index (χ1n) is 9.33. The summed E-state index contributed by atoms with van der Waals surface area (Å²) in [7, 11) is -3.27. The van der Waals surface area contributed by atoms with E-state index in [0.29, 0.717) is 46.3 Å². The smallest absolute Gasteiger partial charge is 0.261 e. The van der Waals surface area contributed by atoms with E-state index < -0.39 is 10.0 Å². The van der Waals surface area contributed by atoms with E-state index in [-0.39, 0.29) is 12.5 Å². The molecular formula is C21H20ClN3O4S. The van der Waals surface area contributed by atoms with Gasteiger partial charge >= 0.3 is 0 Å². The number of hydrogen-bond acceptors (Lipinski definition) is 5. The lowest BCUT2D eigenvalue weighted by Gasteiger charge is -2.27. The second-order valence-electron chi connectivity index (χ2n) is 7.23. The van der Waals surface area contributed by atoms with Gasteiger partial charge in [-0.15, -0.1) is 0 Å². The van der Waals surface area contributed by atoms with Gasteiger partial charge in [0.15, 0.2) is 0 Å². The van der Waals surface area contributed by atoms with E-state index in [0.717, 1.165) is 11.1 Å². The normalized spacial score (nSPS) is 14.4. The maximum atomic E-state index is 13.0. The highest BCUT2D eigenvalue weighted by molar-refractivity contribution is 7.88. The Morgan fingerprint density at radius 1 is 1.20 bits per heavy atom. The lowest BCUT2D eigenvalue weighted by Crippen LogP contribution is -2.35. The minimum atomic E-state index is -3.27. The van der Waals surface area contributed by atoms with Crippen LogP contribution in [-0.2, 0) is 23.0 Å². The minimum Gasteiger partial charge on any atom is -0.360 e. The average Bonchev–Trinajstić information content (AvgIpc) is 3.08. The fourth-order valence-corrected chi connectivity index (χ4v) is 4.58. The van der Waals surface area contributed by atoms with Crippen LogP contribution in [0, 0.1) is 6.92 Å². The van der Waals surface area contributed by atoms with Crippen LogP contribution in [-0.4, -0.2) is 36.6 Å². The van der Waals surface area contributed by atoms with Gasteiger partial charge in [0.2, 0.25) is 10.0 Å². The van der Waals surface area contributed by atoms with Gasteiger partial charge in [0.05, 0.1) is 11.3 Å². The maximum Gasteiger partial charge on any atom is 0.261 e. The van der Waals surface area contributed by atoms with E-state index in [1.54, 1.807) is 25.1 Å². The Morgan fingerprint density at radius 2 is 1.97 bits per heavy atom. The predicted octanol–water partition coefficient (Wildman–Crippen LogP) is 3.87. The molecule has 0 saturated carbocycles. The third-order valence-electron chi connectivity index (χ3n) is 5.13. The third-order valence-corrected chi connectivity index (χ3v) is 6.71. The Kier molecular flexibility index (Phi) is 5.40. The molecule has 0 spiro atoms. The van der Waals surface area contributed by atoms with Crippen molar-refractivity contribution in [3.05, 3.63) is 69.9 Å². The lowest BCUT2D eigenvalue weighted by atomic mass is 10.00. The predicted molar refractivity (Wildman–Crippen MR) is 115 cm³/mol. The number of sulfonamides is 1. The Bertz CT molecular complexity index is 1240. The fraction of sp³-hybridized carbons (Fsp3) is 0.238. The highest BCUT2D eigenvalue weighted by Gasteiger charge is 2.25. The van der Waals surface area contributed by atoms with Gasteiger partial charge in [0.25, 0.3) is 5.91 Å². The van der Waals surface area contributed by atoms with Crippen molar-refractivity contribution in [2.75, 3.05) is 18.1 Å². The molecule has 3 aromatic rings. The van der Waals surface area contributed by atoms with Crippen LogP contribution in [0.2, 0.25) is 5.02 Å². The number of fused-ring (bicyclic) bond motifs is 1. The standard InChI is InChI=1S/C21H20ClN3O4S/c1-13-19(20(24-29-13)17-5-3-4-6-18(17)22)21(26)23-16-8-7-14-9-10-25(30(2,27)28)12-15(14)11-16/h3-8,11H,9-10,12H2,1-2H3,(H,23,26). The summed E-state index contributed by atoms with van der Waals surface area (Å²) < 4.78 is 30.5. The van der Waals surface area contributed by atoms with Crippen molar-refractivity contribution in [3.63, 3.8) is 0 Å². The zero-order chi connectivity index (χ0) is 21.5. The van der Waals surface area contributed by atoms with Crippen molar-refractivity contribution in [1.29, 1.82) is 0 Å². The van der Waals surface area contributed by atoms with E-state index in [9.17, 15) is 13.2 Å². The highest BCUT2D eigenvalue weighted by atomic mass is 35.5. The number of amides is 1. The van der Waals surface area contributed by atoms with Gasteiger partial charge in [0, 0.05) is 24.3 Å². The van der Waals surface area contributed by atoms with Gasteiger partial charge < -0.3 is 9.84 Å². The molecule has 1 N–H and O–H groups in total. The maximum absolute atomic E-state index is 13.0. The second kappa shape index (κ2) is 7.86. The van der Waals surface area contributed by atoms with Crippen molar-refractivity contribution in [1.82, 2.24) is 9.46 Å². The van der Waals surface area contributed by atoms with Crippen molar-refractivity contribution in [2.45, 2.75) is 19.9 Å². The molecule has 156 valence electrons. The molecule has 1 aliphatic rings. The zero-order valence-corrected chi connectivity index (χ0v) is 18.0. The van der Waals surface area contributed by atoms with Crippen LogP contribution in [0.15, 0.2) is 47.0 Å². The summed E-state index contributed by atoms with van der Waals surface area (Å²) in [5.74, 6) is 0.00281. The first kappa shape index (κ1) is 20.6. The highest BCUT2D eigenvalue weighted by Crippen LogP contribution is 2.32. The molecule has 7 nitrogen and oxygen atoms in total. The Morgan fingerprint density at radius 3 is 2.70 bits per heavy atom. The average molecular weight is 446 g/mol. The monoisotopic (exact) mass is 445 g/mol. The lowest BCUT2D eigenvalue weighted by molar-refractivity contribution is 0.102. The summed E-state index contributed by atoms with van der Waals surface area (Å²) in [6, 6.07) is 12.6. The molecular weight excluding hydrogens is 426 g/mol. The van der Waals surface area contributed by atoms with Crippen molar-refractivity contribution in [2.24, 2.45) is 0 Å². The summed E-state index contributed by atoms with van der Waals surface area (Å²) in [6.45, 7) is 2.41. The van der Waals surface area contributed by atoms with Crippen molar-refractivity contribution in [3.8, 4) is 11.3 Å². The molecule has 2 aromatic carbocycles. The number of carbonyl (C=O) groups is 1. The van der Waals surface area contributed by atoms with Crippen molar-refractivity contribution < 1.29 is 17.7 Å². The SMILES string of the molecule is Cc1onc(-c2ccccc2Cl)c1C(=O)Nc1ccc2c(c1)CN(S(C)(=O)=O)CC2. The minimum absolute atomic E-state index is 0.287. The molecule has 0 bridgehead atoms. The number of aryl methyl sites for hydroxylation is 1. The summed E-state index contributed by atoms with van der Waals surface area (Å²) in [6.07, 6.45) is 1.84. The summed E-state index contributed by atoms with van der Waals surface area (Å²) >= 11 is 6.27. The molecule has 30 heavy (non-hydrogen) atoms. The van der Waals surface area contributed by atoms with Crippen LogP contribution < -0.4 is 5.32 Å². The number of rotatable bonds is 4. The molecule has 1 amide bonds. The number of anilines is 1. The van der Waals surface area contributed by atoms with Crippen LogP contribution in [0.3, 0.4) is 0 Å². The summed E-state index contributed by atoms with van der Waals surface area (Å²) in [5.41, 5.74) is 3.80. The first-order chi connectivity index (χ1) is 14.2. The van der Waals surface area contributed by atoms with Gasteiger partial charge in [0.1, 0.15) is 17.0 Å². The Hall–Kier alpha value is -2.68. The molecule has 0 fully saturated rings. The Balaban J connectivity index is 1.62. The molecule has 0 radical (unpaired) electrons. The molecule has 2 heterocycles. The van der Waals surface area contributed by atoms with Crippen LogP contribution in [0.4, 0.5) is 5.69 Å². The van der Waals surface area contributed by atoms with Crippen LogP contribution in [0.25, 0.3) is 11.3 Å². The van der Waals surface area contributed by atoms with Crippen LogP contribution in [0.1, 0.15) is 27.2 Å². The topological polar surface area (TPSA) is 92.5 Å². The number of carbonyl (C=O) groups excluding carboxylic acids is 1. The van der Waals surface area contributed by atoms with E-state index in [2.05, 4.69) is 10.5 Å². The van der Waals surface area contributed by atoms with Gasteiger partial charge in [-0.2, -0.15) is 4.31 Å². The first-order valence-corrected chi connectivity index (χ1v) is 11.6. The third kappa shape index (κ3) is 3.98. The zero-order valence-electron chi connectivity index (χ0n) is 16.5. The number of hydrogen-bond donors (Lipinski definition) is 1. The molecule has 0 aliphatic carbocycles. The fourth-order valence-electron chi connectivity index (χ4n) is 3.56. The number of benzene rings is 2. The van der Waals surface area contributed by atoms with Gasteiger partial charge in [-0.25, -0.2) is 8.42 Å². The molecule has 0 atom stereocenters. The number of halogens is 1. The summed E-state index contributed by atoms with van der Waals surface area (Å²) in [4.78, 5) is 13.0. The van der Waals surface area contributed by atoms with E-state index in [1.165, 1.54) is 10.6 Å². The van der Waals surface area contributed by atoms with E-state index >= 15 is 0 Å². The molecule has 0 saturated heterocycles. The largest absolute Gasteiger partial charge is 0.360 e. The molecule has 4 rings (SSSR count). The molecule has 0 unspecified atom stereocenters. The molecule has 1 aliphatic heterocycles. The molecule has 1 aromatic heterocycles. The van der Waals surface area contributed by atoms with Gasteiger partial charge in [-0.1, -0.05) is 41.0 Å². The van der Waals surface area contributed by atoms with Crippen molar-refractivity contribution >= 4 is 33.2 Å². The van der Waals surface area contributed by atoms with E-state index in [4.69, 9.17) is 16.1 Å². The second-order valence-corrected chi connectivity index (χ2v) is 9.62. The van der Waals surface area contributed by atoms with E-state index in [1.807, 2.05) is 24.3 Å². The number of nitrogens with zero attached hydrogens (tertiary/aromatic N) is 2. The quantitative estimate of drug-likeness (QED) is 0.658. The Labute approximate surface area is 179 Å². The number of nitrogens with one attached hydrogen (secondary N) is 1. The van der Waals surface area contributed by atoms with Crippen LogP contribution >= 0.6 is 11.6 Å². The number of aromatic nitrogens is 1. The molecule has 9 heteroatoms. The van der Waals surface area contributed by atoms with Gasteiger partial charge in [-0.3, -0.25) is 4.79 Å². The van der Waals surface area contributed by atoms with Gasteiger partial charge in [-0.05, 0) is 42.7 Å².